The van der Waals surface area contributed by atoms with Gasteiger partial charge in [0.15, 0.2) is 0 Å². The number of likely N-dealkylation sites (tertiary alicyclic amines) is 1. The second-order valence-corrected chi connectivity index (χ2v) is 7.87. The van der Waals surface area contributed by atoms with E-state index in [0.29, 0.717) is 6.04 Å². The van der Waals surface area contributed by atoms with Gasteiger partial charge in [0.05, 0.1) is 25.9 Å². The molecule has 3 heterocycles. The van der Waals surface area contributed by atoms with Crippen molar-refractivity contribution in [2.24, 2.45) is 0 Å². The van der Waals surface area contributed by atoms with Gasteiger partial charge in [-0.2, -0.15) is 26.3 Å². The summed E-state index contributed by atoms with van der Waals surface area (Å²) in [7, 11) is 1.69. The van der Waals surface area contributed by atoms with Crippen LogP contribution in [0.4, 0.5) is 32.3 Å². The quantitative estimate of drug-likeness (QED) is 0.545. The molecule has 10 nitrogen and oxygen atoms in total. The van der Waals surface area contributed by atoms with Crippen LogP contribution in [0.3, 0.4) is 0 Å². The Labute approximate surface area is 212 Å². The summed E-state index contributed by atoms with van der Waals surface area (Å²) in [6, 6.07) is 10.4. The SMILES string of the molecule is COc1ccc(CN2C[C@@H]3OCCN(c4ncccn4)[C@@H]3C2)cc1.O=C(O)C(F)(F)F.O=C(O)C(F)(F)F. The van der Waals surface area contributed by atoms with Crippen molar-refractivity contribution in [2.75, 3.05) is 38.3 Å². The summed E-state index contributed by atoms with van der Waals surface area (Å²) in [5.74, 6) is -3.81. The monoisotopic (exact) mass is 554 g/mol. The van der Waals surface area contributed by atoms with Gasteiger partial charge < -0.3 is 24.6 Å². The lowest BCUT2D eigenvalue weighted by Crippen LogP contribution is -2.51. The minimum Gasteiger partial charge on any atom is -0.497 e. The first-order valence-electron chi connectivity index (χ1n) is 10.8. The summed E-state index contributed by atoms with van der Waals surface area (Å²) in [6.07, 6.45) is -6.34. The lowest BCUT2D eigenvalue weighted by Gasteiger charge is -2.36. The van der Waals surface area contributed by atoms with E-state index < -0.39 is 24.3 Å². The van der Waals surface area contributed by atoms with Gasteiger partial charge in [-0.15, -0.1) is 0 Å². The van der Waals surface area contributed by atoms with Crippen molar-refractivity contribution in [3.8, 4) is 5.75 Å². The molecule has 38 heavy (non-hydrogen) atoms. The second kappa shape index (κ2) is 13.2. The Morgan fingerprint density at radius 3 is 2.00 bits per heavy atom. The van der Waals surface area contributed by atoms with Gasteiger partial charge in [-0.25, -0.2) is 19.6 Å². The Hall–Kier alpha value is -3.66. The smallest absolute Gasteiger partial charge is 0.490 e. The number of carboxylic acids is 2. The summed E-state index contributed by atoms with van der Waals surface area (Å²) in [5.41, 5.74) is 1.29. The molecule has 2 fully saturated rings. The van der Waals surface area contributed by atoms with Crippen LogP contribution >= 0.6 is 0 Å². The van der Waals surface area contributed by atoms with E-state index in [2.05, 4.69) is 31.9 Å². The average Bonchev–Trinajstić information content (AvgIpc) is 3.27. The van der Waals surface area contributed by atoms with Gasteiger partial charge in [0, 0.05) is 38.6 Å². The van der Waals surface area contributed by atoms with Gasteiger partial charge in [0.1, 0.15) is 5.75 Å². The van der Waals surface area contributed by atoms with E-state index in [-0.39, 0.29) is 6.10 Å². The molecule has 0 radical (unpaired) electrons. The third-order valence-corrected chi connectivity index (χ3v) is 5.24. The molecular formula is C22H24F6N4O6. The highest BCUT2D eigenvalue weighted by molar-refractivity contribution is 5.73. The molecule has 1 aromatic carbocycles. The van der Waals surface area contributed by atoms with Crippen LogP contribution in [0.1, 0.15) is 5.56 Å². The summed E-state index contributed by atoms with van der Waals surface area (Å²) in [5, 5.41) is 14.2. The number of rotatable bonds is 4. The fourth-order valence-corrected chi connectivity index (χ4v) is 3.57. The zero-order chi connectivity index (χ0) is 28.5. The number of fused-ring (bicyclic) bond motifs is 1. The van der Waals surface area contributed by atoms with E-state index in [1.165, 1.54) is 5.56 Å². The first kappa shape index (κ1) is 30.6. The fraction of sp³-hybridized carbons (Fsp3) is 0.455. The molecule has 0 saturated carbocycles. The molecule has 2 aliphatic rings. The molecule has 2 atom stereocenters. The zero-order valence-corrected chi connectivity index (χ0v) is 19.8. The van der Waals surface area contributed by atoms with Crippen LogP contribution in [0.2, 0.25) is 0 Å². The highest BCUT2D eigenvalue weighted by Crippen LogP contribution is 2.27. The number of morpholine rings is 1. The maximum atomic E-state index is 10.6. The van der Waals surface area contributed by atoms with Crippen LogP contribution in [-0.2, 0) is 20.9 Å². The van der Waals surface area contributed by atoms with Gasteiger partial charge in [0.2, 0.25) is 5.95 Å². The number of benzene rings is 1. The van der Waals surface area contributed by atoms with Crippen LogP contribution in [-0.4, -0.2) is 94.9 Å². The van der Waals surface area contributed by atoms with Gasteiger partial charge in [-0.3, -0.25) is 4.90 Å². The van der Waals surface area contributed by atoms with Crippen LogP contribution in [0, 0.1) is 0 Å². The van der Waals surface area contributed by atoms with Crippen molar-refractivity contribution in [1.29, 1.82) is 0 Å². The molecule has 0 bridgehead atoms. The Morgan fingerprint density at radius 1 is 1.00 bits per heavy atom. The van der Waals surface area contributed by atoms with Gasteiger partial charge in [0.25, 0.3) is 0 Å². The van der Waals surface area contributed by atoms with Gasteiger partial charge >= 0.3 is 24.3 Å². The molecule has 0 spiro atoms. The fourth-order valence-electron chi connectivity index (χ4n) is 3.57. The molecule has 0 aliphatic carbocycles. The molecule has 0 unspecified atom stereocenters. The minimum atomic E-state index is -5.08. The second-order valence-electron chi connectivity index (χ2n) is 7.87. The predicted octanol–water partition coefficient (Wildman–Crippen LogP) is 2.84. The van der Waals surface area contributed by atoms with Crippen LogP contribution in [0.5, 0.6) is 5.75 Å². The first-order valence-corrected chi connectivity index (χ1v) is 10.8. The zero-order valence-electron chi connectivity index (χ0n) is 19.8. The van der Waals surface area contributed by atoms with E-state index >= 15 is 0 Å². The van der Waals surface area contributed by atoms with Crippen molar-refractivity contribution < 1.29 is 55.6 Å². The number of hydrogen-bond acceptors (Lipinski definition) is 8. The Kier molecular flexibility index (Phi) is 10.6. The molecule has 2 aromatic rings. The number of hydrogen-bond donors (Lipinski definition) is 2. The number of aliphatic carboxylic acids is 2. The molecule has 0 amide bonds. The molecule has 2 N–H and O–H groups in total. The van der Waals surface area contributed by atoms with Crippen LogP contribution in [0.25, 0.3) is 0 Å². The standard InChI is InChI=1S/C18H22N4O2.2C2HF3O2/c1-23-15-5-3-14(4-6-15)11-21-12-16-17(13-21)24-10-9-22(16)18-19-7-2-8-20-18;2*3-2(4,5)1(6)7/h2-8,16-17H,9-13H2,1H3;2*(H,6,7)/t16-,17+;;/m1../s1. The summed E-state index contributed by atoms with van der Waals surface area (Å²) in [6.45, 7) is 4.41. The lowest BCUT2D eigenvalue weighted by atomic mass is 10.1. The molecular weight excluding hydrogens is 530 g/mol. The van der Waals surface area contributed by atoms with Gasteiger partial charge in [-0.1, -0.05) is 12.1 Å². The van der Waals surface area contributed by atoms with E-state index in [0.717, 1.165) is 44.5 Å². The number of carbonyl (C=O) groups is 2. The summed E-state index contributed by atoms with van der Waals surface area (Å²) >= 11 is 0. The largest absolute Gasteiger partial charge is 0.497 e. The van der Waals surface area contributed by atoms with Crippen molar-refractivity contribution in [2.45, 2.75) is 31.0 Å². The van der Waals surface area contributed by atoms with Gasteiger partial charge in [-0.05, 0) is 23.8 Å². The number of aromatic nitrogens is 2. The lowest BCUT2D eigenvalue weighted by molar-refractivity contribution is -0.193. The number of alkyl halides is 6. The third kappa shape index (κ3) is 9.33. The summed E-state index contributed by atoms with van der Waals surface area (Å²) < 4.78 is 74.7. The maximum absolute atomic E-state index is 10.6. The van der Waals surface area contributed by atoms with Crippen molar-refractivity contribution in [3.05, 3.63) is 48.3 Å². The van der Waals surface area contributed by atoms with Crippen molar-refractivity contribution >= 4 is 17.9 Å². The molecule has 16 heteroatoms. The number of ether oxygens (including phenoxy) is 2. The van der Waals surface area contributed by atoms with Crippen molar-refractivity contribution in [1.82, 2.24) is 14.9 Å². The maximum Gasteiger partial charge on any atom is 0.490 e. The van der Waals surface area contributed by atoms with E-state index in [4.69, 9.17) is 29.3 Å². The number of halogens is 6. The van der Waals surface area contributed by atoms with E-state index in [1.54, 1.807) is 19.5 Å². The normalized spacial score (nSPS) is 19.3. The Morgan fingerprint density at radius 2 is 1.53 bits per heavy atom. The molecule has 2 saturated heterocycles. The highest BCUT2D eigenvalue weighted by Gasteiger charge is 2.41. The number of methoxy groups -OCH3 is 1. The minimum absolute atomic E-state index is 0.223. The van der Waals surface area contributed by atoms with E-state index in [1.807, 2.05) is 18.2 Å². The number of anilines is 1. The first-order chi connectivity index (χ1) is 17.7. The summed E-state index contributed by atoms with van der Waals surface area (Å²) in [4.78, 5) is 31.4. The molecule has 210 valence electrons. The molecule has 4 rings (SSSR count). The Balaban J connectivity index is 0.000000301. The molecule has 2 aliphatic heterocycles. The van der Waals surface area contributed by atoms with Crippen LogP contribution in [0.15, 0.2) is 42.7 Å². The molecule has 1 aromatic heterocycles. The number of carboxylic acid groups (broad SMARTS) is 2. The third-order valence-electron chi connectivity index (χ3n) is 5.24. The highest BCUT2D eigenvalue weighted by atomic mass is 19.4. The van der Waals surface area contributed by atoms with E-state index in [9.17, 15) is 26.3 Å². The van der Waals surface area contributed by atoms with Crippen molar-refractivity contribution in [3.63, 3.8) is 0 Å². The predicted molar refractivity (Wildman–Crippen MR) is 119 cm³/mol. The topological polar surface area (TPSA) is 125 Å². The van der Waals surface area contributed by atoms with Crippen LogP contribution < -0.4 is 9.64 Å². The number of nitrogens with zero attached hydrogens (tertiary/aromatic N) is 4. The average molecular weight is 554 g/mol. The Bertz CT molecular complexity index is 1020.